The van der Waals surface area contributed by atoms with Gasteiger partial charge in [-0.05, 0) is 52.4 Å². The van der Waals surface area contributed by atoms with Gasteiger partial charge in [0.2, 0.25) is 11.8 Å². The van der Waals surface area contributed by atoms with Gasteiger partial charge in [0.25, 0.3) is 0 Å². The number of nitrogens with zero attached hydrogens (tertiary/aromatic N) is 1. The molecular weight excluding hydrogens is 372 g/mol. The molecule has 0 fully saturated rings. The molecule has 0 bridgehead atoms. The molecule has 0 aromatic rings. The first-order chi connectivity index (χ1) is 14.5. The summed E-state index contributed by atoms with van der Waals surface area (Å²) in [5.74, 6) is 0.378. The van der Waals surface area contributed by atoms with Gasteiger partial charge in [-0.1, -0.05) is 62.3 Å². The van der Waals surface area contributed by atoms with E-state index in [9.17, 15) is 9.59 Å². The topological polar surface area (TPSA) is 49.4 Å². The molecule has 4 nitrogen and oxygen atoms in total. The third kappa shape index (κ3) is 16.8. The summed E-state index contributed by atoms with van der Waals surface area (Å²) in [4.78, 5) is 25.8. The Bertz CT molecular complexity index is 547. The number of carbonyl (C=O) groups excluding carboxylic acids is 2. The molecule has 0 radical (unpaired) electrons. The van der Waals surface area contributed by atoms with Gasteiger partial charge in [0.15, 0.2) is 0 Å². The molecule has 0 saturated carbocycles. The zero-order chi connectivity index (χ0) is 22.5. The van der Waals surface area contributed by atoms with Gasteiger partial charge >= 0.3 is 0 Å². The average Bonchev–Trinajstić information content (AvgIpc) is 2.72. The number of carbonyl (C=O) groups is 2. The Morgan fingerprint density at radius 3 is 2.13 bits per heavy atom. The first-order valence-corrected chi connectivity index (χ1v) is 11.6. The van der Waals surface area contributed by atoms with Crippen LogP contribution < -0.4 is 5.32 Å². The van der Waals surface area contributed by atoms with Crippen LogP contribution >= 0.6 is 0 Å². The van der Waals surface area contributed by atoms with E-state index in [-0.39, 0.29) is 17.9 Å². The van der Waals surface area contributed by atoms with E-state index >= 15 is 0 Å². The molecule has 0 aliphatic heterocycles. The van der Waals surface area contributed by atoms with E-state index in [1.807, 2.05) is 4.90 Å². The highest BCUT2D eigenvalue weighted by atomic mass is 16.2. The third-order valence-electron chi connectivity index (χ3n) is 4.74. The van der Waals surface area contributed by atoms with Gasteiger partial charge in [-0.25, -0.2) is 0 Å². The van der Waals surface area contributed by atoms with Gasteiger partial charge in [-0.15, -0.1) is 6.58 Å². The Kier molecular flexibility index (Phi) is 18.8. The quantitative estimate of drug-likeness (QED) is 0.216. The Morgan fingerprint density at radius 2 is 1.53 bits per heavy atom. The van der Waals surface area contributed by atoms with Gasteiger partial charge in [0.1, 0.15) is 0 Å². The molecule has 2 amide bonds. The van der Waals surface area contributed by atoms with Crippen molar-refractivity contribution in [2.24, 2.45) is 0 Å². The molecule has 0 rings (SSSR count). The highest BCUT2D eigenvalue weighted by Crippen LogP contribution is 2.08. The average molecular weight is 417 g/mol. The molecule has 1 N–H and O–H groups in total. The normalized spacial score (nSPS) is 11.7. The first kappa shape index (κ1) is 27.9. The lowest BCUT2D eigenvalue weighted by Gasteiger charge is -2.26. The Balaban J connectivity index is 3.85. The molecule has 0 heterocycles. The summed E-state index contributed by atoms with van der Waals surface area (Å²) in [7, 11) is 0. The van der Waals surface area contributed by atoms with Crippen LogP contribution in [0.3, 0.4) is 0 Å². The molecule has 0 aliphatic carbocycles. The van der Waals surface area contributed by atoms with Gasteiger partial charge in [0.05, 0.1) is 0 Å². The summed E-state index contributed by atoms with van der Waals surface area (Å²) < 4.78 is 0. The predicted octanol–water partition coefficient (Wildman–Crippen LogP) is 6.12. The van der Waals surface area contributed by atoms with Crippen molar-refractivity contribution in [2.45, 2.75) is 91.0 Å². The second-order valence-corrected chi connectivity index (χ2v) is 7.80. The van der Waals surface area contributed by atoms with Gasteiger partial charge < -0.3 is 10.2 Å². The summed E-state index contributed by atoms with van der Waals surface area (Å²) >= 11 is 0. The molecule has 0 unspecified atom stereocenters. The molecule has 0 spiro atoms. The van der Waals surface area contributed by atoms with Crippen LogP contribution in [0.2, 0.25) is 0 Å². The van der Waals surface area contributed by atoms with Crippen molar-refractivity contribution in [3.63, 3.8) is 0 Å². The molecule has 0 aromatic heterocycles. The fraction of sp³-hybridized carbons (Fsp3) is 0.615. The van der Waals surface area contributed by atoms with Crippen LogP contribution in [-0.4, -0.2) is 35.8 Å². The largest absolute Gasteiger partial charge is 0.353 e. The van der Waals surface area contributed by atoms with Crippen LogP contribution in [0.25, 0.3) is 0 Å². The van der Waals surface area contributed by atoms with Crippen LogP contribution in [0.5, 0.6) is 0 Å². The number of hydrogen-bond donors (Lipinski definition) is 1. The number of amides is 2. The molecule has 4 heteroatoms. The summed E-state index contributed by atoms with van der Waals surface area (Å²) in [6.45, 7) is 11.3. The SMILES string of the molecule is C=CCNC(=O)CCC/C=C\C/C=C\C/C=C\CCN(C(=O)CCCCC)C(C)C. The summed E-state index contributed by atoms with van der Waals surface area (Å²) in [5, 5.41) is 2.78. The zero-order valence-electron chi connectivity index (χ0n) is 19.6. The van der Waals surface area contributed by atoms with E-state index < -0.39 is 0 Å². The zero-order valence-corrected chi connectivity index (χ0v) is 19.6. The van der Waals surface area contributed by atoms with E-state index in [1.54, 1.807) is 6.08 Å². The predicted molar refractivity (Wildman–Crippen MR) is 129 cm³/mol. The fourth-order valence-electron chi connectivity index (χ4n) is 2.99. The van der Waals surface area contributed by atoms with Gasteiger partial charge in [-0.3, -0.25) is 9.59 Å². The molecule has 0 aromatic carbocycles. The van der Waals surface area contributed by atoms with E-state index in [4.69, 9.17) is 0 Å². The van der Waals surface area contributed by atoms with Crippen LogP contribution in [0.15, 0.2) is 49.1 Å². The Morgan fingerprint density at radius 1 is 0.900 bits per heavy atom. The maximum atomic E-state index is 12.3. The van der Waals surface area contributed by atoms with E-state index in [0.717, 1.165) is 57.9 Å². The van der Waals surface area contributed by atoms with Crippen molar-refractivity contribution in [3.8, 4) is 0 Å². The maximum absolute atomic E-state index is 12.3. The monoisotopic (exact) mass is 416 g/mol. The van der Waals surface area contributed by atoms with Crippen molar-refractivity contribution in [3.05, 3.63) is 49.1 Å². The maximum Gasteiger partial charge on any atom is 0.222 e. The minimum atomic E-state index is 0.0901. The minimum absolute atomic E-state index is 0.0901. The molecular formula is C26H44N2O2. The lowest BCUT2D eigenvalue weighted by atomic mass is 10.1. The second-order valence-electron chi connectivity index (χ2n) is 7.80. The van der Waals surface area contributed by atoms with Gasteiger partial charge in [0, 0.05) is 32.0 Å². The molecule has 30 heavy (non-hydrogen) atoms. The third-order valence-corrected chi connectivity index (χ3v) is 4.74. The fourth-order valence-corrected chi connectivity index (χ4v) is 2.99. The van der Waals surface area contributed by atoms with Crippen LogP contribution in [-0.2, 0) is 9.59 Å². The second kappa shape index (κ2) is 20.2. The number of rotatable bonds is 18. The highest BCUT2D eigenvalue weighted by molar-refractivity contribution is 5.76. The van der Waals surface area contributed by atoms with Crippen LogP contribution in [0.4, 0.5) is 0 Å². The van der Waals surface area contributed by atoms with Crippen molar-refractivity contribution in [2.75, 3.05) is 13.1 Å². The number of unbranched alkanes of at least 4 members (excludes halogenated alkanes) is 3. The first-order valence-electron chi connectivity index (χ1n) is 11.6. The van der Waals surface area contributed by atoms with Crippen molar-refractivity contribution in [1.29, 1.82) is 0 Å². The standard InChI is InChI=1S/C26H44N2O2/c1-5-7-17-21-26(30)28(24(3)4)23-19-16-14-12-10-8-9-11-13-15-18-20-25(29)27-22-6-2/h6,8,10-11,13-14,16,24H,2,5,7,9,12,15,17-23H2,1,3-4H3,(H,27,29)/b10-8-,13-11-,16-14-. The smallest absolute Gasteiger partial charge is 0.222 e. The highest BCUT2D eigenvalue weighted by Gasteiger charge is 2.15. The minimum Gasteiger partial charge on any atom is -0.353 e. The lowest BCUT2D eigenvalue weighted by molar-refractivity contribution is -0.133. The lowest BCUT2D eigenvalue weighted by Crippen LogP contribution is -2.37. The molecule has 170 valence electrons. The van der Waals surface area contributed by atoms with Crippen LogP contribution in [0, 0.1) is 0 Å². The van der Waals surface area contributed by atoms with E-state index in [2.05, 4.69) is 69.1 Å². The molecule has 0 aliphatic rings. The van der Waals surface area contributed by atoms with Crippen molar-refractivity contribution in [1.82, 2.24) is 10.2 Å². The van der Waals surface area contributed by atoms with Crippen molar-refractivity contribution >= 4 is 11.8 Å². The summed E-state index contributed by atoms with van der Waals surface area (Å²) in [6.07, 6.45) is 23.7. The van der Waals surface area contributed by atoms with E-state index in [1.165, 1.54) is 0 Å². The van der Waals surface area contributed by atoms with Crippen molar-refractivity contribution < 1.29 is 9.59 Å². The van der Waals surface area contributed by atoms with Gasteiger partial charge in [-0.2, -0.15) is 0 Å². The number of allylic oxidation sites excluding steroid dienone is 5. The summed E-state index contributed by atoms with van der Waals surface area (Å²) in [5.41, 5.74) is 0. The number of hydrogen-bond acceptors (Lipinski definition) is 2. The molecule has 0 saturated heterocycles. The van der Waals surface area contributed by atoms with E-state index in [0.29, 0.717) is 19.4 Å². The number of nitrogens with one attached hydrogen (secondary N) is 1. The van der Waals surface area contributed by atoms with Crippen LogP contribution in [0.1, 0.15) is 85.0 Å². The Labute approximate surface area is 185 Å². The summed E-state index contributed by atoms with van der Waals surface area (Å²) in [6, 6.07) is 0.265. The molecule has 0 atom stereocenters. The Hall–Kier alpha value is -2.10.